The first-order valence-electron chi connectivity index (χ1n) is 3.55. The second-order valence-corrected chi connectivity index (χ2v) is 3.06. The zero-order valence-electron chi connectivity index (χ0n) is 6.25. The minimum absolute atomic E-state index is 0.100. The molecule has 1 rings (SSSR count). The molecule has 0 amide bonds. The summed E-state index contributed by atoms with van der Waals surface area (Å²) in [6.45, 7) is 0. The highest BCUT2D eigenvalue weighted by molar-refractivity contribution is 4.98. The average Bonchev–Trinajstić information content (AvgIpc) is 1.96. The fourth-order valence-electron chi connectivity index (χ4n) is 1.21. The van der Waals surface area contributed by atoms with Gasteiger partial charge in [-0.15, -0.1) is 0 Å². The summed E-state index contributed by atoms with van der Waals surface area (Å²) in [6, 6.07) is 0. The van der Waals surface area contributed by atoms with E-state index < -0.39 is 23.8 Å². The van der Waals surface area contributed by atoms with Gasteiger partial charge < -0.3 is 30.6 Å². The number of hydrogen-bond acceptors (Lipinski definition) is 6. The monoisotopic (exact) mass is 180 g/mol. The molecule has 1 aliphatic rings. The Labute approximate surface area is 68.3 Å². The van der Waals surface area contributed by atoms with Gasteiger partial charge in [0.15, 0.2) is 0 Å². The lowest BCUT2D eigenvalue weighted by Crippen LogP contribution is -2.69. The first kappa shape index (κ1) is 9.85. The molecular formula is C6H12O6. The molecule has 0 aliphatic heterocycles. The van der Waals surface area contributed by atoms with Gasteiger partial charge in [-0.25, -0.2) is 0 Å². The summed E-state index contributed by atoms with van der Waals surface area (Å²) in [5, 5.41) is 53.9. The van der Waals surface area contributed by atoms with Crippen LogP contribution in [0.5, 0.6) is 0 Å². The van der Waals surface area contributed by atoms with Crippen molar-refractivity contribution in [2.75, 3.05) is 0 Å². The molecule has 0 radical (unpaired) electrons. The average molecular weight is 180 g/mol. The number of hydrogen-bond donors (Lipinski definition) is 6. The molecule has 0 aromatic heterocycles. The third-order valence-corrected chi connectivity index (χ3v) is 2.18. The molecule has 0 saturated heterocycles. The summed E-state index contributed by atoms with van der Waals surface area (Å²) in [7, 11) is 0. The van der Waals surface area contributed by atoms with E-state index >= 15 is 0 Å². The summed E-state index contributed by atoms with van der Waals surface area (Å²) >= 11 is 0. The summed E-state index contributed by atoms with van der Waals surface area (Å²) in [5.41, 5.74) is 0. The van der Waals surface area contributed by atoms with E-state index in [0.29, 0.717) is 0 Å². The molecule has 0 heterocycles. The van der Waals surface area contributed by atoms with Crippen molar-refractivity contribution in [1.82, 2.24) is 0 Å². The molecule has 2 unspecified atom stereocenters. The maximum Gasteiger partial charge on any atom is 0.248 e. The van der Waals surface area contributed by atoms with Gasteiger partial charge in [0.25, 0.3) is 0 Å². The highest BCUT2D eigenvalue weighted by Crippen LogP contribution is 2.33. The van der Waals surface area contributed by atoms with Crippen molar-refractivity contribution in [3.63, 3.8) is 0 Å². The molecule has 1 fully saturated rings. The van der Waals surface area contributed by atoms with Gasteiger partial charge in [0.05, 0.1) is 0 Å². The van der Waals surface area contributed by atoms with Gasteiger partial charge in [0.2, 0.25) is 11.6 Å². The van der Waals surface area contributed by atoms with Crippen LogP contribution in [0.4, 0.5) is 0 Å². The Kier molecular flexibility index (Phi) is 2.15. The SMILES string of the molecule is OC1CCC(O)C(O)(O)C1(O)O. The number of rotatable bonds is 0. The first-order valence-corrected chi connectivity index (χ1v) is 3.55. The van der Waals surface area contributed by atoms with E-state index in [4.69, 9.17) is 30.6 Å². The normalized spacial score (nSPS) is 39.5. The molecule has 0 aromatic rings. The maximum atomic E-state index is 8.99. The van der Waals surface area contributed by atoms with Crippen LogP contribution in [0, 0.1) is 0 Å². The first-order chi connectivity index (χ1) is 5.30. The van der Waals surface area contributed by atoms with E-state index in [2.05, 4.69) is 0 Å². The van der Waals surface area contributed by atoms with Crippen molar-refractivity contribution in [1.29, 1.82) is 0 Å². The van der Waals surface area contributed by atoms with Crippen molar-refractivity contribution in [3.8, 4) is 0 Å². The number of aliphatic hydroxyl groups excluding tert-OH is 2. The van der Waals surface area contributed by atoms with Crippen molar-refractivity contribution >= 4 is 0 Å². The fraction of sp³-hybridized carbons (Fsp3) is 1.00. The smallest absolute Gasteiger partial charge is 0.248 e. The highest BCUT2D eigenvalue weighted by Gasteiger charge is 2.59. The van der Waals surface area contributed by atoms with Crippen LogP contribution in [0.15, 0.2) is 0 Å². The quantitative estimate of drug-likeness (QED) is 0.219. The molecule has 6 nitrogen and oxygen atoms in total. The largest absolute Gasteiger partial charge is 0.387 e. The third-order valence-electron chi connectivity index (χ3n) is 2.18. The minimum atomic E-state index is -3.08. The Hall–Kier alpha value is -0.240. The van der Waals surface area contributed by atoms with E-state index in [1.165, 1.54) is 0 Å². The van der Waals surface area contributed by atoms with Gasteiger partial charge in [-0.2, -0.15) is 0 Å². The van der Waals surface area contributed by atoms with Crippen LogP contribution in [-0.4, -0.2) is 54.4 Å². The predicted molar refractivity (Wildman–Crippen MR) is 35.6 cm³/mol. The lowest BCUT2D eigenvalue weighted by molar-refractivity contribution is -0.420. The van der Waals surface area contributed by atoms with Crippen LogP contribution in [0.2, 0.25) is 0 Å². The molecule has 6 heteroatoms. The molecule has 6 N–H and O–H groups in total. The molecule has 1 aliphatic carbocycles. The Bertz CT molecular complexity index is 157. The molecule has 0 aromatic carbocycles. The van der Waals surface area contributed by atoms with Crippen LogP contribution >= 0.6 is 0 Å². The molecule has 1 saturated carbocycles. The molecule has 2 atom stereocenters. The Morgan fingerprint density at radius 2 is 1.00 bits per heavy atom. The zero-order valence-corrected chi connectivity index (χ0v) is 6.25. The van der Waals surface area contributed by atoms with Gasteiger partial charge >= 0.3 is 0 Å². The van der Waals surface area contributed by atoms with Crippen LogP contribution in [0.25, 0.3) is 0 Å². The highest BCUT2D eigenvalue weighted by atomic mass is 16.6. The maximum absolute atomic E-state index is 8.99. The summed E-state index contributed by atoms with van der Waals surface area (Å²) < 4.78 is 0. The van der Waals surface area contributed by atoms with Crippen molar-refractivity contribution in [2.45, 2.75) is 36.6 Å². The molecule has 0 spiro atoms. The van der Waals surface area contributed by atoms with E-state index in [9.17, 15) is 0 Å². The zero-order chi connectivity index (χ0) is 9.57. The van der Waals surface area contributed by atoms with Crippen LogP contribution in [-0.2, 0) is 0 Å². The van der Waals surface area contributed by atoms with Crippen LogP contribution < -0.4 is 0 Å². The Morgan fingerprint density at radius 1 is 0.750 bits per heavy atom. The van der Waals surface area contributed by atoms with Gasteiger partial charge in [0.1, 0.15) is 12.2 Å². The topological polar surface area (TPSA) is 121 Å². The lowest BCUT2D eigenvalue weighted by Gasteiger charge is -2.44. The summed E-state index contributed by atoms with van der Waals surface area (Å²) in [6.07, 6.45) is -3.54. The summed E-state index contributed by atoms with van der Waals surface area (Å²) in [4.78, 5) is 0. The minimum Gasteiger partial charge on any atom is -0.387 e. The number of aliphatic hydroxyl groups is 6. The second-order valence-electron chi connectivity index (χ2n) is 3.06. The fourth-order valence-corrected chi connectivity index (χ4v) is 1.21. The van der Waals surface area contributed by atoms with Crippen molar-refractivity contribution in [3.05, 3.63) is 0 Å². The van der Waals surface area contributed by atoms with Gasteiger partial charge in [-0.3, -0.25) is 0 Å². The lowest BCUT2D eigenvalue weighted by atomic mass is 9.83. The van der Waals surface area contributed by atoms with Crippen LogP contribution in [0.1, 0.15) is 12.8 Å². The predicted octanol–water partition coefficient (Wildman–Crippen LogP) is -3.14. The van der Waals surface area contributed by atoms with E-state index in [0.717, 1.165) is 0 Å². The molecule has 72 valence electrons. The Balaban J connectivity index is 2.92. The second kappa shape index (κ2) is 2.63. The van der Waals surface area contributed by atoms with E-state index in [1.807, 2.05) is 0 Å². The van der Waals surface area contributed by atoms with Crippen LogP contribution in [0.3, 0.4) is 0 Å². The molecular weight excluding hydrogens is 168 g/mol. The Morgan fingerprint density at radius 3 is 1.25 bits per heavy atom. The van der Waals surface area contributed by atoms with Gasteiger partial charge in [-0.05, 0) is 12.8 Å². The molecule has 12 heavy (non-hydrogen) atoms. The van der Waals surface area contributed by atoms with E-state index in [-0.39, 0.29) is 12.8 Å². The van der Waals surface area contributed by atoms with E-state index in [1.54, 1.807) is 0 Å². The third kappa shape index (κ3) is 1.13. The molecule has 0 bridgehead atoms. The standard InChI is InChI=1S/C6H12O6/c7-3-1-2-4(8)6(11,12)5(3,9)10/h3-4,7-12H,1-2H2. The summed E-state index contributed by atoms with van der Waals surface area (Å²) in [5.74, 6) is -6.16. The van der Waals surface area contributed by atoms with Crippen molar-refractivity contribution < 1.29 is 30.6 Å². The van der Waals surface area contributed by atoms with Crippen molar-refractivity contribution in [2.24, 2.45) is 0 Å². The van der Waals surface area contributed by atoms with Gasteiger partial charge in [0, 0.05) is 0 Å². The van der Waals surface area contributed by atoms with Gasteiger partial charge in [-0.1, -0.05) is 0 Å².